The van der Waals surface area contributed by atoms with Crippen molar-refractivity contribution in [2.24, 2.45) is 0 Å². The third kappa shape index (κ3) is 2.33. The Hall–Kier alpha value is -1.13. The van der Waals surface area contributed by atoms with E-state index in [2.05, 4.69) is 5.32 Å². The van der Waals surface area contributed by atoms with E-state index in [1.54, 1.807) is 12.1 Å². The van der Waals surface area contributed by atoms with Crippen LogP contribution in [0.25, 0.3) is 0 Å². The van der Waals surface area contributed by atoms with Gasteiger partial charge in [-0.1, -0.05) is 18.0 Å². The second kappa shape index (κ2) is 4.80. The van der Waals surface area contributed by atoms with Gasteiger partial charge in [0, 0.05) is 23.2 Å². The molecule has 1 aliphatic heterocycles. The van der Waals surface area contributed by atoms with E-state index in [0.717, 1.165) is 31.4 Å². The second-order valence-corrected chi connectivity index (χ2v) is 4.37. The zero-order valence-corrected chi connectivity index (χ0v) is 9.54. The summed E-state index contributed by atoms with van der Waals surface area (Å²) in [6.07, 6.45) is 3.28. The highest BCUT2D eigenvalue weighted by Crippen LogP contribution is 2.31. The number of benzene rings is 1. The summed E-state index contributed by atoms with van der Waals surface area (Å²) in [5.41, 5.74) is 0.947. The first kappa shape index (κ1) is 11.4. The van der Waals surface area contributed by atoms with Crippen LogP contribution in [-0.2, 0) is 0 Å². The quantitative estimate of drug-likeness (QED) is 0.639. The van der Waals surface area contributed by atoms with Gasteiger partial charge < -0.3 is 5.32 Å². The largest absolute Gasteiger partial charge is 0.310 e. The molecule has 5 heteroatoms. The summed E-state index contributed by atoms with van der Waals surface area (Å²) in [4.78, 5) is 10.3. The molecule has 0 spiro atoms. The minimum atomic E-state index is -0.386. The number of halogens is 1. The maximum atomic E-state index is 10.7. The Morgan fingerprint density at radius 3 is 2.88 bits per heavy atom. The van der Waals surface area contributed by atoms with Gasteiger partial charge in [-0.15, -0.1) is 0 Å². The molecule has 1 heterocycles. The Labute approximate surface area is 98.8 Å². The SMILES string of the molecule is O=[N+]([O-])c1ccc(Cl)c([C@H]2CCCCN2)c1. The molecule has 1 N–H and O–H groups in total. The molecule has 0 saturated carbocycles. The van der Waals surface area contributed by atoms with Gasteiger partial charge in [-0.3, -0.25) is 10.1 Å². The van der Waals surface area contributed by atoms with Crippen molar-refractivity contribution in [2.75, 3.05) is 6.54 Å². The first-order valence-electron chi connectivity index (χ1n) is 5.35. The molecular weight excluding hydrogens is 228 g/mol. The summed E-state index contributed by atoms with van der Waals surface area (Å²) in [6.45, 7) is 0.948. The van der Waals surface area contributed by atoms with E-state index < -0.39 is 0 Å². The summed E-state index contributed by atoms with van der Waals surface area (Å²) in [5.74, 6) is 0. The molecule has 0 aromatic heterocycles. The van der Waals surface area contributed by atoms with Gasteiger partial charge in [0.25, 0.3) is 5.69 Å². The van der Waals surface area contributed by atoms with E-state index in [1.807, 2.05) is 0 Å². The van der Waals surface area contributed by atoms with Crippen LogP contribution in [0.1, 0.15) is 30.9 Å². The Morgan fingerprint density at radius 2 is 2.25 bits per heavy atom. The van der Waals surface area contributed by atoms with Crippen molar-refractivity contribution in [1.82, 2.24) is 5.32 Å². The maximum Gasteiger partial charge on any atom is 0.269 e. The van der Waals surface area contributed by atoms with Gasteiger partial charge in [-0.2, -0.15) is 0 Å². The van der Waals surface area contributed by atoms with Crippen LogP contribution in [0.4, 0.5) is 5.69 Å². The summed E-state index contributed by atoms with van der Waals surface area (Å²) in [5, 5.41) is 14.6. The molecule has 1 fully saturated rings. The van der Waals surface area contributed by atoms with Crippen molar-refractivity contribution in [3.63, 3.8) is 0 Å². The van der Waals surface area contributed by atoms with Crippen LogP contribution < -0.4 is 5.32 Å². The molecule has 1 aromatic rings. The molecule has 16 heavy (non-hydrogen) atoms. The Bertz CT molecular complexity index is 403. The van der Waals surface area contributed by atoms with Gasteiger partial charge in [0.2, 0.25) is 0 Å². The average molecular weight is 241 g/mol. The standard InChI is InChI=1S/C11H13ClN2O2/c12-10-5-4-8(14(15)16)7-9(10)11-3-1-2-6-13-11/h4-5,7,11,13H,1-3,6H2/t11-/m1/s1. The number of nitro benzene ring substituents is 1. The molecule has 4 nitrogen and oxygen atoms in total. The number of rotatable bonds is 2. The Balaban J connectivity index is 2.30. The maximum absolute atomic E-state index is 10.7. The highest BCUT2D eigenvalue weighted by Gasteiger charge is 2.19. The number of nitro groups is 1. The van der Waals surface area contributed by atoms with Crippen molar-refractivity contribution in [3.05, 3.63) is 38.9 Å². The summed E-state index contributed by atoms with van der Waals surface area (Å²) < 4.78 is 0. The number of hydrogen-bond donors (Lipinski definition) is 1. The van der Waals surface area contributed by atoms with E-state index >= 15 is 0 Å². The number of nitrogens with zero attached hydrogens (tertiary/aromatic N) is 1. The molecular formula is C11H13ClN2O2. The van der Waals surface area contributed by atoms with Gasteiger partial charge in [0.05, 0.1) is 4.92 Å². The van der Waals surface area contributed by atoms with Gasteiger partial charge in [0.1, 0.15) is 0 Å². The molecule has 1 atom stereocenters. The minimum absolute atomic E-state index is 0.103. The minimum Gasteiger partial charge on any atom is -0.310 e. The topological polar surface area (TPSA) is 55.2 Å². The van der Waals surface area contributed by atoms with Gasteiger partial charge in [-0.05, 0) is 31.0 Å². The normalized spacial score (nSPS) is 20.7. The predicted octanol–water partition coefficient (Wildman–Crippen LogP) is 3.06. The predicted molar refractivity (Wildman–Crippen MR) is 62.7 cm³/mol. The lowest BCUT2D eigenvalue weighted by Crippen LogP contribution is -2.27. The lowest BCUT2D eigenvalue weighted by Gasteiger charge is -2.24. The van der Waals surface area contributed by atoms with Gasteiger partial charge in [0.15, 0.2) is 0 Å². The molecule has 0 unspecified atom stereocenters. The molecule has 0 radical (unpaired) electrons. The van der Waals surface area contributed by atoms with E-state index in [0.29, 0.717) is 5.02 Å². The Morgan fingerprint density at radius 1 is 1.44 bits per heavy atom. The zero-order valence-electron chi connectivity index (χ0n) is 8.78. The average Bonchev–Trinajstić information content (AvgIpc) is 2.30. The summed E-state index contributed by atoms with van der Waals surface area (Å²) >= 11 is 6.07. The lowest BCUT2D eigenvalue weighted by molar-refractivity contribution is -0.384. The van der Waals surface area contributed by atoms with E-state index in [-0.39, 0.29) is 16.7 Å². The highest BCUT2D eigenvalue weighted by atomic mass is 35.5. The monoisotopic (exact) mass is 240 g/mol. The van der Waals surface area contributed by atoms with Crippen LogP contribution in [0.5, 0.6) is 0 Å². The molecule has 0 bridgehead atoms. The zero-order chi connectivity index (χ0) is 11.5. The van der Waals surface area contributed by atoms with E-state index in [1.165, 1.54) is 6.07 Å². The van der Waals surface area contributed by atoms with Crippen LogP contribution in [0.2, 0.25) is 5.02 Å². The van der Waals surface area contributed by atoms with Crippen LogP contribution >= 0.6 is 11.6 Å². The van der Waals surface area contributed by atoms with Crippen molar-refractivity contribution in [3.8, 4) is 0 Å². The van der Waals surface area contributed by atoms with E-state index in [4.69, 9.17) is 11.6 Å². The molecule has 2 rings (SSSR count). The Kier molecular flexibility index (Phi) is 3.41. The molecule has 1 aliphatic rings. The van der Waals surface area contributed by atoms with Gasteiger partial charge >= 0.3 is 0 Å². The number of piperidine rings is 1. The van der Waals surface area contributed by atoms with Crippen molar-refractivity contribution >= 4 is 17.3 Å². The first-order valence-corrected chi connectivity index (χ1v) is 5.73. The van der Waals surface area contributed by atoms with Crippen molar-refractivity contribution in [2.45, 2.75) is 25.3 Å². The smallest absolute Gasteiger partial charge is 0.269 e. The van der Waals surface area contributed by atoms with Crippen LogP contribution in [0, 0.1) is 10.1 Å². The molecule has 86 valence electrons. The number of hydrogen-bond acceptors (Lipinski definition) is 3. The second-order valence-electron chi connectivity index (χ2n) is 3.97. The summed E-state index contributed by atoms with van der Waals surface area (Å²) in [7, 11) is 0. The lowest BCUT2D eigenvalue weighted by atomic mass is 9.97. The molecule has 1 saturated heterocycles. The van der Waals surface area contributed by atoms with Crippen LogP contribution in [0.3, 0.4) is 0 Å². The first-order chi connectivity index (χ1) is 7.68. The van der Waals surface area contributed by atoms with Crippen molar-refractivity contribution < 1.29 is 4.92 Å². The van der Waals surface area contributed by atoms with Gasteiger partial charge in [-0.25, -0.2) is 0 Å². The molecule has 0 aliphatic carbocycles. The van der Waals surface area contributed by atoms with Crippen LogP contribution in [-0.4, -0.2) is 11.5 Å². The highest BCUT2D eigenvalue weighted by molar-refractivity contribution is 6.31. The third-order valence-electron chi connectivity index (χ3n) is 2.88. The molecule has 0 amide bonds. The molecule has 1 aromatic carbocycles. The fraction of sp³-hybridized carbons (Fsp3) is 0.455. The third-order valence-corrected chi connectivity index (χ3v) is 3.22. The fourth-order valence-corrected chi connectivity index (χ4v) is 2.28. The number of non-ortho nitro benzene ring substituents is 1. The fourth-order valence-electron chi connectivity index (χ4n) is 2.03. The van der Waals surface area contributed by atoms with Crippen molar-refractivity contribution in [1.29, 1.82) is 0 Å². The number of nitrogens with one attached hydrogen (secondary N) is 1. The summed E-state index contributed by atoms with van der Waals surface area (Å²) in [6, 6.07) is 4.77. The van der Waals surface area contributed by atoms with E-state index in [9.17, 15) is 10.1 Å². The van der Waals surface area contributed by atoms with Crippen LogP contribution in [0.15, 0.2) is 18.2 Å².